The molecule has 0 aliphatic heterocycles. The number of aromatic nitrogens is 3. The van der Waals surface area contributed by atoms with Gasteiger partial charge in [0.05, 0.1) is 5.52 Å². The largest absolute Gasteiger partial charge is 2.00 e. The second kappa shape index (κ2) is 10.3. The van der Waals surface area contributed by atoms with Gasteiger partial charge in [-0.2, -0.15) is 6.07 Å². The average Bonchev–Trinajstić information content (AvgIpc) is 3.63. The van der Waals surface area contributed by atoms with E-state index in [-0.39, 0.29) is 26.5 Å². The molecule has 0 bridgehead atoms. The molecule has 0 saturated heterocycles. The Kier molecular flexibility index (Phi) is 6.67. The Balaban J connectivity index is 0.00000312. The van der Waals surface area contributed by atoms with E-state index in [4.69, 9.17) is 23.5 Å². The van der Waals surface area contributed by atoms with Crippen molar-refractivity contribution >= 4 is 55.0 Å². The first-order valence-electron chi connectivity index (χ1n) is 14.5. The molecule has 0 saturated carbocycles. The van der Waals surface area contributed by atoms with E-state index in [9.17, 15) is 0 Å². The van der Waals surface area contributed by atoms with E-state index in [1.807, 2.05) is 36.7 Å². The molecule has 7 heteroatoms. The Morgan fingerprint density at radius 3 is 2.43 bits per heavy atom. The number of pyridine rings is 2. The summed E-state index contributed by atoms with van der Waals surface area (Å²) < 4.78 is 20.7. The van der Waals surface area contributed by atoms with Crippen LogP contribution in [0.5, 0.6) is 11.5 Å². The van der Waals surface area contributed by atoms with Crippen molar-refractivity contribution < 1.29 is 34.6 Å². The van der Waals surface area contributed by atoms with Crippen molar-refractivity contribution in [2.45, 2.75) is 46.0 Å². The maximum absolute atomic E-state index is 6.38. The average molecular weight is 759 g/mol. The molecule has 5 heterocycles. The molecule has 0 fully saturated rings. The summed E-state index contributed by atoms with van der Waals surface area (Å²) in [6.45, 7) is 10.8. The van der Waals surface area contributed by atoms with E-state index in [1.165, 1.54) is 5.56 Å². The molecule has 0 atom stereocenters. The number of benzene rings is 3. The molecular weight excluding hydrogens is 730 g/mol. The summed E-state index contributed by atoms with van der Waals surface area (Å²) in [7, 11) is 0. The molecular formula is C37H29N3O3Pt. The Morgan fingerprint density at radius 1 is 0.841 bits per heavy atom. The Hall–Kier alpha value is -4.41. The molecule has 3 aromatic carbocycles. The topological polar surface area (TPSA) is 66.2 Å². The molecule has 0 radical (unpaired) electrons. The van der Waals surface area contributed by atoms with Crippen LogP contribution in [0.4, 0.5) is 0 Å². The second-order valence-electron chi connectivity index (χ2n) is 12.4. The number of hydrogen-bond acceptors (Lipinski definition) is 5. The van der Waals surface area contributed by atoms with Crippen molar-refractivity contribution in [1.29, 1.82) is 0 Å². The van der Waals surface area contributed by atoms with Crippen LogP contribution < -0.4 is 4.74 Å². The van der Waals surface area contributed by atoms with Crippen LogP contribution in [0.1, 0.15) is 51.7 Å². The number of hydrogen-bond donors (Lipinski definition) is 0. The SMILES string of the molecule is CC(C)c1ccnc(-n2c3[c-]c(Oc4[c-]c5c(cc4)oc4oc6cc(C(C)(C)C)cnc6c45)ccc3c3ccccc32)c1.[Pt+2]. The summed E-state index contributed by atoms with van der Waals surface area (Å²) in [5.74, 6) is 2.81. The fraction of sp³-hybridized carbons (Fsp3) is 0.189. The monoisotopic (exact) mass is 758 g/mol. The fourth-order valence-corrected chi connectivity index (χ4v) is 5.76. The Labute approximate surface area is 268 Å². The second-order valence-corrected chi connectivity index (χ2v) is 12.4. The van der Waals surface area contributed by atoms with Crippen molar-refractivity contribution in [3.05, 3.63) is 102 Å². The molecule has 6 nitrogen and oxygen atoms in total. The van der Waals surface area contributed by atoms with Crippen molar-refractivity contribution in [1.82, 2.24) is 14.5 Å². The third-order valence-electron chi connectivity index (χ3n) is 8.14. The molecule has 44 heavy (non-hydrogen) atoms. The summed E-state index contributed by atoms with van der Waals surface area (Å²) in [5.41, 5.74) is 6.38. The molecule has 0 aliphatic carbocycles. The van der Waals surface area contributed by atoms with Crippen molar-refractivity contribution in [2.24, 2.45) is 0 Å². The first-order chi connectivity index (χ1) is 20.7. The molecule has 0 N–H and O–H groups in total. The molecule has 5 aromatic heterocycles. The number of rotatable bonds is 4. The number of nitrogens with zero attached hydrogens (tertiary/aromatic N) is 3. The Bertz CT molecular complexity index is 2350. The number of fused-ring (bicyclic) bond motifs is 8. The zero-order valence-electron chi connectivity index (χ0n) is 25.0. The molecule has 8 aromatic rings. The summed E-state index contributed by atoms with van der Waals surface area (Å²) >= 11 is 0. The van der Waals surface area contributed by atoms with Crippen LogP contribution in [0.3, 0.4) is 0 Å². The van der Waals surface area contributed by atoms with Gasteiger partial charge >= 0.3 is 21.1 Å². The Morgan fingerprint density at radius 2 is 1.61 bits per heavy atom. The van der Waals surface area contributed by atoms with E-state index < -0.39 is 0 Å². The summed E-state index contributed by atoms with van der Waals surface area (Å²) in [4.78, 5) is 9.50. The maximum Gasteiger partial charge on any atom is 2.00 e. The van der Waals surface area contributed by atoms with Crippen LogP contribution in [-0.2, 0) is 26.5 Å². The molecule has 0 aliphatic rings. The van der Waals surface area contributed by atoms with Crippen LogP contribution in [0, 0.1) is 12.1 Å². The van der Waals surface area contributed by atoms with Gasteiger partial charge in [-0.3, -0.25) is 4.98 Å². The van der Waals surface area contributed by atoms with Gasteiger partial charge in [0.1, 0.15) is 11.4 Å². The van der Waals surface area contributed by atoms with Gasteiger partial charge in [-0.15, -0.1) is 17.5 Å². The van der Waals surface area contributed by atoms with Gasteiger partial charge < -0.3 is 18.1 Å². The van der Waals surface area contributed by atoms with Crippen molar-refractivity contribution in [2.75, 3.05) is 0 Å². The number of para-hydroxylation sites is 1. The van der Waals surface area contributed by atoms with E-state index in [2.05, 4.69) is 93.8 Å². The molecule has 0 unspecified atom stereocenters. The summed E-state index contributed by atoms with van der Waals surface area (Å²) in [6, 6.07) is 29.3. The quantitative estimate of drug-likeness (QED) is 0.167. The maximum atomic E-state index is 6.38. The zero-order valence-corrected chi connectivity index (χ0v) is 27.2. The smallest absolute Gasteiger partial charge is 0.503 e. The van der Waals surface area contributed by atoms with Crippen LogP contribution in [0.15, 0.2) is 88.0 Å². The van der Waals surface area contributed by atoms with Crippen LogP contribution in [0.2, 0.25) is 0 Å². The minimum absolute atomic E-state index is 0. The van der Waals surface area contributed by atoms with Crippen molar-refractivity contribution in [3.8, 4) is 17.3 Å². The van der Waals surface area contributed by atoms with Gasteiger partial charge in [0, 0.05) is 40.4 Å². The van der Waals surface area contributed by atoms with Gasteiger partial charge in [-0.1, -0.05) is 81.9 Å². The van der Waals surface area contributed by atoms with Gasteiger partial charge in [0.2, 0.25) is 5.78 Å². The molecule has 0 spiro atoms. The summed E-state index contributed by atoms with van der Waals surface area (Å²) in [6.07, 6.45) is 3.78. The molecule has 0 amide bonds. The van der Waals surface area contributed by atoms with E-state index >= 15 is 0 Å². The minimum Gasteiger partial charge on any atom is -0.503 e. The van der Waals surface area contributed by atoms with Crippen LogP contribution in [0.25, 0.3) is 60.9 Å². The minimum atomic E-state index is -0.0408. The first kappa shape index (κ1) is 28.4. The van der Waals surface area contributed by atoms with Crippen LogP contribution in [-0.4, -0.2) is 14.5 Å². The van der Waals surface area contributed by atoms with Gasteiger partial charge in [0.25, 0.3) is 0 Å². The molecule has 8 rings (SSSR count). The summed E-state index contributed by atoms with van der Waals surface area (Å²) in [5, 5.41) is 3.79. The third kappa shape index (κ3) is 4.51. The van der Waals surface area contributed by atoms with E-state index in [0.717, 1.165) is 49.5 Å². The molecule has 220 valence electrons. The van der Waals surface area contributed by atoms with Gasteiger partial charge in [-0.25, -0.2) is 4.98 Å². The fourth-order valence-electron chi connectivity index (χ4n) is 5.76. The van der Waals surface area contributed by atoms with Gasteiger partial charge in [-0.05, 0) is 52.1 Å². The number of ether oxygens (including phenoxy) is 1. The standard InChI is InChI=1S/C37H29N3O3.Pt/c1-21(2)22-14-15-38-33(16-22)40-29-9-7-6-8-26(29)27-12-10-25(19-30(27)40)41-24-11-13-31-28(18-24)34-35-32(43-36(34)42-31)17-23(20-39-35)37(3,4)5;/h6-17,20-21H,1-5H3;/q-2;+2. The normalized spacial score (nSPS) is 12.2. The van der Waals surface area contributed by atoms with E-state index in [1.54, 1.807) is 0 Å². The predicted molar refractivity (Wildman–Crippen MR) is 170 cm³/mol. The van der Waals surface area contributed by atoms with Crippen LogP contribution >= 0.6 is 0 Å². The van der Waals surface area contributed by atoms with Crippen molar-refractivity contribution in [3.63, 3.8) is 0 Å². The third-order valence-corrected chi connectivity index (χ3v) is 8.14. The van der Waals surface area contributed by atoms with Gasteiger partial charge in [0.15, 0.2) is 0 Å². The zero-order chi connectivity index (χ0) is 29.5. The predicted octanol–water partition coefficient (Wildman–Crippen LogP) is 10.0. The number of furan rings is 2. The first-order valence-corrected chi connectivity index (χ1v) is 14.5. The van der Waals surface area contributed by atoms with E-state index in [0.29, 0.717) is 34.4 Å².